The third-order valence-electron chi connectivity index (χ3n) is 4.93. The van der Waals surface area contributed by atoms with Crippen LogP contribution < -0.4 is 4.74 Å². The lowest BCUT2D eigenvalue weighted by molar-refractivity contribution is 0.0139. The molecule has 2 aromatic rings. The van der Waals surface area contributed by atoms with Gasteiger partial charge in [0.1, 0.15) is 11.4 Å². The number of rotatable bonds is 6. The van der Waals surface area contributed by atoms with E-state index < -0.39 is 5.60 Å². The van der Waals surface area contributed by atoms with Crippen molar-refractivity contribution in [1.82, 2.24) is 9.80 Å². The van der Waals surface area contributed by atoms with Crippen LogP contribution >= 0.6 is 11.6 Å². The molecular formula is C24H31ClN2O3. The van der Waals surface area contributed by atoms with Gasteiger partial charge in [-0.1, -0.05) is 35.9 Å². The molecule has 1 saturated heterocycles. The van der Waals surface area contributed by atoms with E-state index in [-0.39, 0.29) is 6.09 Å². The second kappa shape index (κ2) is 10.2. The van der Waals surface area contributed by atoms with Crippen molar-refractivity contribution in [2.24, 2.45) is 0 Å². The van der Waals surface area contributed by atoms with Crippen molar-refractivity contribution in [3.63, 3.8) is 0 Å². The first-order valence-electron chi connectivity index (χ1n) is 10.4. The highest BCUT2D eigenvalue weighted by molar-refractivity contribution is 6.30. The second-order valence-electron chi connectivity index (χ2n) is 8.61. The smallest absolute Gasteiger partial charge is 0.410 e. The Labute approximate surface area is 184 Å². The van der Waals surface area contributed by atoms with E-state index in [9.17, 15) is 4.79 Å². The van der Waals surface area contributed by atoms with Crippen molar-refractivity contribution >= 4 is 17.7 Å². The van der Waals surface area contributed by atoms with E-state index in [1.807, 2.05) is 45.0 Å². The summed E-state index contributed by atoms with van der Waals surface area (Å²) in [5.41, 5.74) is 2.08. The molecule has 30 heavy (non-hydrogen) atoms. The molecule has 0 bridgehead atoms. The number of ether oxygens (including phenoxy) is 2. The van der Waals surface area contributed by atoms with Crippen LogP contribution in [0.5, 0.6) is 5.75 Å². The zero-order valence-electron chi connectivity index (χ0n) is 18.1. The number of hydrogen-bond donors (Lipinski definition) is 0. The largest absolute Gasteiger partial charge is 0.493 e. The van der Waals surface area contributed by atoms with Gasteiger partial charge in [0.2, 0.25) is 0 Å². The fourth-order valence-electron chi connectivity index (χ4n) is 3.30. The molecule has 1 fully saturated rings. The van der Waals surface area contributed by atoms with E-state index in [0.29, 0.717) is 24.7 Å². The zero-order chi connectivity index (χ0) is 21.6. The fraction of sp³-hybridized carbons (Fsp3) is 0.458. The highest BCUT2D eigenvalue weighted by Gasteiger charge is 2.25. The Balaban J connectivity index is 1.39. The molecule has 0 radical (unpaired) electrons. The maximum absolute atomic E-state index is 12.2. The summed E-state index contributed by atoms with van der Waals surface area (Å²) in [7, 11) is 0. The van der Waals surface area contributed by atoms with Crippen LogP contribution in [0.3, 0.4) is 0 Å². The molecule has 6 heteroatoms. The lowest BCUT2D eigenvalue weighted by atomic mass is 10.1. The number of nitrogens with zero attached hydrogens (tertiary/aromatic N) is 2. The number of halogens is 1. The van der Waals surface area contributed by atoms with Crippen LogP contribution in [0.2, 0.25) is 5.02 Å². The SMILES string of the molecule is CC(C)(C)OC(=O)N1CCN(Cc2ccc(CCOc3ccc(Cl)cc3)cc2)CC1. The van der Waals surface area contributed by atoms with Crippen LogP contribution in [-0.2, 0) is 17.7 Å². The standard InChI is InChI=1S/C24H31ClN2O3/c1-24(2,3)30-23(28)27-15-13-26(14-16-27)18-20-6-4-19(5-7-20)12-17-29-22-10-8-21(25)9-11-22/h4-11H,12-18H2,1-3H3. The number of carbonyl (C=O) groups excluding carboxylic acids is 1. The summed E-state index contributed by atoms with van der Waals surface area (Å²) < 4.78 is 11.2. The van der Waals surface area contributed by atoms with Gasteiger partial charge in [-0.25, -0.2) is 4.79 Å². The van der Waals surface area contributed by atoms with E-state index in [4.69, 9.17) is 21.1 Å². The number of piperazine rings is 1. The maximum Gasteiger partial charge on any atom is 0.410 e. The Hall–Kier alpha value is -2.24. The molecule has 1 aliphatic heterocycles. The van der Waals surface area contributed by atoms with Crippen molar-refractivity contribution < 1.29 is 14.3 Å². The monoisotopic (exact) mass is 430 g/mol. The highest BCUT2D eigenvalue weighted by Crippen LogP contribution is 2.17. The molecule has 3 rings (SSSR count). The minimum Gasteiger partial charge on any atom is -0.493 e. The average Bonchev–Trinajstić information content (AvgIpc) is 2.70. The molecule has 0 spiro atoms. The third kappa shape index (κ3) is 7.22. The molecule has 0 aliphatic carbocycles. The molecule has 1 amide bonds. The summed E-state index contributed by atoms with van der Waals surface area (Å²) in [6.45, 7) is 10.3. The number of hydrogen-bond acceptors (Lipinski definition) is 4. The van der Waals surface area contributed by atoms with Gasteiger partial charge in [0.05, 0.1) is 6.61 Å². The topological polar surface area (TPSA) is 42.0 Å². The lowest BCUT2D eigenvalue weighted by Crippen LogP contribution is -2.49. The van der Waals surface area contributed by atoms with Crippen LogP contribution in [0.1, 0.15) is 31.9 Å². The summed E-state index contributed by atoms with van der Waals surface area (Å²) in [6, 6.07) is 16.1. The van der Waals surface area contributed by atoms with Gasteiger partial charge in [-0.05, 0) is 56.2 Å². The quantitative estimate of drug-likeness (QED) is 0.645. The summed E-state index contributed by atoms with van der Waals surface area (Å²) >= 11 is 5.89. The van der Waals surface area contributed by atoms with Crippen LogP contribution in [0.15, 0.2) is 48.5 Å². The molecule has 162 valence electrons. The normalized spacial score (nSPS) is 15.1. The Kier molecular flexibility index (Phi) is 7.62. The summed E-state index contributed by atoms with van der Waals surface area (Å²) in [6.07, 6.45) is 0.643. The molecule has 0 atom stereocenters. The van der Waals surface area contributed by atoms with Crippen molar-refractivity contribution in [3.05, 3.63) is 64.7 Å². The molecule has 0 unspecified atom stereocenters. The Bertz CT molecular complexity index is 808. The van der Waals surface area contributed by atoms with Gasteiger partial charge >= 0.3 is 6.09 Å². The van der Waals surface area contributed by atoms with E-state index in [1.54, 1.807) is 4.90 Å². The summed E-state index contributed by atoms with van der Waals surface area (Å²) in [5.74, 6) is 0.835. The second-order valence-corrected chi connectivity index (χ2v) is 9.05. The molecule has 1 aliphatic rings. The Morgan fingerprint density at radius 2 is 1.53 bits per heavy atom. The molecule has 2 aromatic carbocycles. The fourth-order valence-corrected chi connectivity index (χ4v) is 3.43. The highest BCUT2D eigenvalue weighted by atomic mass is 35.5. The van der Waals surface area contributed by atoms with Gasteiger partial charge in [0, 0.05) is 44.2 Å². The van der Waals surface area contributed by atoms with E-state index in [1.165, 1.54) is 11.1 Å². The van der Waals surface area contributed by atoms with E-state index in [0.717, 1.165) is 31.8 Å². The van der Waals surface area contributed by atoms with Crippen molar-refractivity contribution in [2.45, 2.75) is 39.3 Å². The Morgan fingerprint density at radius 3 is 2.13 bits per heavy atom. The molecule has 0 saturated carbocycles. The van der Waals surface area contributed by atoms with Crippen molar-refractivity contribution in [1.29, 1.82) is 0 Å². The zero-order valence-corrected chi connectivity index (χ0v) is 18.8. The first-order chi connectivity index (χ1) is 14.3. The predicted molar refractivity (Wildman–Crippen MR) is 120 cm³/mol. The van der Waals surface area contributed by atoms with Gasteiger partial charge in [-0.2, -0.15) is 0 Å². The van der Waals surface area contributed by atoms with Crippen molar-refractivity contribution in [3.8, 4) is 5.75 Å². The van der Waals surface area contributed by atoms with Crippen LogP contribution in [0, 0.1) is 0 Å². The van der Waals surface area contributed by atoms with Gasteiger partial charge in [-0.15, -0.1) is 0 Å². The van der Waals surface area contributed by atoms with Crippen molar-refractivity contribution in [2.75, 3.05) is 32.8 Å². The molecule has 5 nitrogen and oxygen atoms in total. The number of benzene rings is 2. The average molecular weight is 431 g/mol. The molecule has 0 aromatic heterocycles. The van der Waals surface area contributed by atoms with E-state index >= 15 is 0 Å². The number of carbonyl (C=O) groups is 1. The van der Waals surface area contributed by atoms with Crippen LogP contribution in [0.25, 0.3) is 0 Å². The molecule has 1 heterocycles. The lowest BCUT2D eigenvalue weighted by Gasteiger charge is -2.35. The summed E-state index contributed by atoms with van der Waals surface area (Å²) in [5, 5.41) is 0.712. The van der Waals surface area contributed by atoms with Crippen LogP contribution in [-0.4, -0.2) is 54.3 Å². The molecule has 0 N–H and O–H groups in total. The van der Waals surface area contributed by atoms with Crippen LogP contribution in [0.4, 0.5) is 4.79 Å². The van der Waals surface area contributed by atoms with Gasteiger partial charge < -0.3 is 14.4 Å². The summed E-state index contributed by atoms with van der Waals surface area (Å²) in [4.78, 5) is 16.3. The maximum atomic E-state index is 12.2. The third-order valence-corrected chi connectivity index (χ3v) is 5.18. The Morgan fingerprint density at radius 1 is 0.933 bits per heavy atom. The minimum absolute atomic E-state index is 0.215. The molecular weight excluding hydrogens is 400 g/mol. The van der Waals surface area contributed by atoms with E-state index in [2.05, 4.69) is 29.2 Å². The first kappa shape index (κ1) is 22.4. The van der Waals surface area contributed by atoms with Gasteiger partial charge in [0.25, 0.3) is 0 Å². The van der Waals surface area contributed by atoms with Gasteiger partial charge in [0.15, 0.2) is 0 Å². The number of amides is 1. The first-order valence-corrected chi connectivity index (χ1v) is 10.8. The predicted octanol–water partition coefficient (Wildman–Crippen LogP) is 5.01. The van der Waals surface area contributed by atoms with Gasteiger partial charge in [-0.3, -0.25) is 4.90 Å². The minimum atomic E-state index is -0.449.